The fourth-order valence-corrected chi connectivity index (χ4v) is 4.77. The van der Waals surface area contributed by atoms with Crippen LogP contribution in [0, 0.1) is 0 Å². The van der Waals surface area contributed by atoms with E-state index in [-0.39, 0.29) is 34.3 Å². The minimum atomic E-state index is -4.50. The van der Waals surface area contributed by atoms with E-state index in [2.05, 4.69) is 0 Å². The van der Waals surface area contributed by atoms with Gasteiger partial charge in [-0.3, -0.25) is 4.57 Å². The van der Waals surface area contributed by atoms with Crippen molar-refractivity contribution in [1.82, 2.24) is 0 Å². The Morgan fingerprint density at radius 1 is 1.04 bits per heavy atom. The second-order valence-electron chi connectivity index (χ2n) is 5.27. The van der Waals surface area contributed by atoms with Crippen molar-refractivity contribution in [2.75, 3.05) is 12.8 Å². The van der Waals surface area contributed by atoms with E-state index in [0.717, 1.165) is 18.2 Å². The van der Waals surface area contributed by atoms with Gasteiger partial charge in [-0.25, -0.2) is 0 Å². The molecule has 0 radical (unpaired) electrons. The molecule has 0 aliphatic heterocycles. The first kappa shape index (κ1) is 21.1. The minimum Gasteiger partial charge on any atom is -0.456 e. The van der Waals surface area contributed by atoms with E-state index in [1.807, 2.05) is 0 Å². The minimum absolute atomic E-state index is 0.0377. The smallest absolute Gasteiger partial charge is 0.416 e. The molecule has 0 amide bonds. The molecule has 142 valence electrons. The van der Waals surface area contributed by atoms with Crippen LogP contribution in [0.15, 0.2) is 36.4 Å². The van der Waals surface area contributed by atoms with Crippen LogP contribution in [-0.2, 0) is 15.3 Å². The lowest BCUT2D eigenvalue weighted by Crippen LogP contribution is -2.11. The van der Waals surface area contributed by atoms with E-state index in [1.54, 1.807) is 13.8 Å². The summed E-state index contributed by atoms with van der Waals surface area (Å²) in [5, 5.41) is 0.360. The van der Waals surface area contributed by atoms with E-state index in [4.69, 9.17) is 32.5 Å². The summed E-state index contributed by atoms with van der Waals surface area (Å²) in [4.78, 5) is 0. The third-order valence-electron chi connectivity index (χ3n) is 3.53. The number of benzene rings is 2. The summed E-state index contributed by atoms with van der Waals surface area (Å²) in [7, 11) is -3.16. The molecule has 2 aromatic carbocycles. The number of rotatable bonds is 6. The summed E-state index contributed by atoms with van der Waals surface area (Å²) < 4.78 is 62.0. The van der Waals surface area contributed by atoms with Crippen molar-refractivity contribution in [3.05, 3.63) is 52.0 Å². The molecule has 26 heavy (non-hydrogen) atoms. The predicted octanol–water partition coefficient (Wildman–Crippen LogP) is 6.76. The van der Waals surface area contributed by atoms with Gasteiger partial charge in [0.25, 0.3) is 0 Å². The molecule has 2 aromatic rings. The first-order chi connectivity index (χ1) is 12.1. The van der Waals surface area contributed by atoms with Crippen LogP contribution >= 0.6 is 30.6 Å². The van der Waals surface area contributed by atoms with Crippen molar-refractivity contribution < 1.29 is 27.0 Å². The van der Waals surface area contributed by atoms with Crippen LogP contribution < -0.4 is 10.0 Å². The summed E-state index contributed by atoms with van der Waals surface area (Å²) in [6.07, 6.45) is -4.26. The molecular weight excluding hydrogens is 411 g/mol. The van der Waals surface area contributed by atoms with Crippen molar-refractivity contribution in [3.63, 3.8) is 0 Å². The van der Waals surface area contributed by atoms with Gasteiger partial charge in [0.05, 0.1) is 27.5 Å². The molecule has 0 aliphatic rings. The van der Waals surface area contributed by atoms with Gasteiger partial charge < -0.3 is 9.26 Å². The maximum Gasteiger partial charge on any atom is 0.416 e. The van der Waals surface area contributed by atoms with Gasteiger partial charge in [-0.2, -0.15) is 13.2 Å². The number of ether oxygens (including phenoxy) is 1. The third-order valence-corrected chi connectivity index (χ3v) is 6.89. The monoisotopic (exact) mass is 426 g/mol. The summed E-state index contributed by atoms with van der Waals surface area (Å²) in [6, 6.07) is 7.23. The van der Waals surface area contributed by atoms with E-state index < -0.39 is 19.1 Å². The van der Waals surface area contributed by atoms with E-state index in [9.17, 15) is 17.7 Å². The Labute approximate surface area is 159 Å². The van der Waals surface area contributed by atoms with E-state index >= 15 is 0 Å². The van der Waals surface area contributed by atoms with Crippen LogP contribution in [0.4, 0.5) is 13.2 Å². The molecule has 0 saturated carbocycles. The molecular formula is C17H16Cl2F3O3P. The van der Waals surface area contributed by atoms with Gasteiger partial charge in [-0.05, 0) is 43.3 Å². The maximum absolute atomic E-state index is 12.9. The van der Waals surface area contributed by atoms with Crippen molar-refractivity contribution in [1.29, 1.82) is 0 Å². The molecule has 0 aromatic heterocycles. The van der Waals surface area contributed by atoms with E-state index in [0.29, 0.717) is 5.30 Å². The standard InChI is InChI=1S/C17H16Cl2F3O3P/c1-3-24-26(23,4-2)16-10-12(6-7-13(16)18)25-15-8-5-11(9-14(15)19)17(20,21)22/h5-10H,3-4H2,1-2H3. The Morgan fingerprint density at radius 3 is 2.27 bits per heavy atom. The number of alkyl halides is 3. The van der Waals surface area contributed by atoms with Gasteiger partial charge in [0.1, 0.15) is 11.5 Å². The average molecular weight is 427 g/mol. The number of hydrogen-bond acceptors (Lipinski definition) is 3. The highest BCUT2D eigenvalue weighted by Crippen LogP contribution is 2.48. The fraction of sp³-hybridized carbons (Fsp3) is 0.294. The second kappa shape index (κ2) is 8.22. The maximum atomic E-state index is 12.9. The Kier molecular flexibility index (Phi) is 6.67. The summed E-state index contributed by atoms with van der Waals surface area (Å²) in [5.74, 6) is 0.273. The van der Waals surface area contributed by atoms with Crippen molar-refractivity contribution in [2.24, 2.45) is 0 Å². The molecule has 9 heteroatoms. The normalized spacial score (nSPS) is 14.1. The van der Waals surface area contributed by atoms with Crippen molar-refractivity contribution >= 4 is 35.9 Å². The molecule has 0 heterocycles. The summed E-state index contributed by atoms with van der Waals surface area (Å²) >= 11 is 12.0. The Balaban J connectivity index is 2.37. The zero-order valence-electron chi connectivity index (χ0n) is 13.9. The Morgan fingerprint density at radius 2 is 1.73 bits per heavy atom. The van der Waals surface area contributed by atoms with Gasteiger partial charge in [-0.15, -0.1) is 0 Å². The van der Waals surface area contributed by atoms with Crippen LogP contribution in [0.3, 0.4) is 0 Å². The molecule has 0 saturated heterocycles. The van der Waals surface area contributed by atoms with Gasteiger partial charge in [-0.1, -0.05) is 30.1 Å². The van der Waals surface area contributed by atoms with Gasteiger partial charge in [0.15, 0.2) is 0 Å². The highest BCUT2D eigenvalue weighted by atomic mass is 35.5. The first-order valence-corrected chi connectivity index (χ1v) is 10.3. The largest absolute Gasteiger partial charge is 0.456 e. The highest BCUT2D eigenvalue weighted by Gasteiger charge is 2.31. The lowest BCUT2D eigenvalue weighted by atomic mass is 10.2. The SMILES string of the molecule is CCOP(=O)(CC)c1cc(Oc2ccc(C(F)(F)F)cc2Cl)ccc1Cl. The van der Waals surface area contributed by atoms with Crippen molar-refractivity contribution in [2.45, 2.75) is 20.0 Å². The molecule has 0 fully saturated rings. The summed E-state index contributed by atoms with van der Waals surface area (Å²) in [6.45, 7) is 3.68. The average Bonchev–Trinajstić information content (AvgIpc) is 2.57. The second-order valence-corrected chi connectivity index (χ2v) is 8.80. The molecule has 0 aliphatic carbocycles. The molecule has 0 N–H and O–H groups in total. The zero-order valence-corrected chi connectivity index (χ0v) is 16.3. The summed E-state index contributed by atoms with van der Waals surface area (Å²) in [5.41, 5.74) is -0.876. The van der Waals surface area contributed by atoms with Crippen molar-refractivity contribution in [3.8, 4) is 11.5 Å². The quantitative estimate of drug-likeness (QED) is 0.478. The lowest BCUT2D eigenvalue weighted by Gasteiger charge is -2.19. The third kappa shape index (κ3) is 4.74. The van der Waals surface area contributed by atoms with E-state index in [1.165, 1.54) is 18.2 Å². The van der Waals surface area contributed by atoms with Gasteiger partial charge in [0, 0.05) is 6.16 Å². The zero-order chi connectivity index (χ0) is 19.5. The number of hydrogen-bond donors (Lipinski definition) is 0. The molecule has 1 unspecified atom stereocenters. The van der Waals surface area contributed by atoms with Gasteiger partial charge >= 0.3 is 6.18 Å². The van der Waals surface area contributed by atoms with Crippen LogP contribution in [0.2, 0.25) is 10.0 Å². The predicted molar refractivity (Wildman–Crippen MR) is 97.4 cm³/mol. The Bertz CT molecular complexity index is 840. The first-order valence-electron chi connectivity index (χ1n) is 7.69. The van der Waals surface area contributed by atoms with Crippen LogP contribution in [0.25, 0.3) is 0 Å². The molecule has 0 spiro atoms. The van der Waals surface area contributed by atoms with Crippen LogP contribution in [0.5, 0.6) is 11.5 Å². The van der Waals surface area contributed by atoms with Gasteiger partial charge in [0.2, 0.25) is 7.37 Å². The molecule has 1 atom stereocenters. The molecule has 2 rings (SSSR count). The number of halogens is 5. The topological polar surface area (TPSA) is 35.5 Å². The molecule has 3 nitrogen and oxygen atoms in total. The lowest BCUT2D eigenvalue weighted by molar-refractivity contribution is -0.137. The fourth-order valence-electron chi connectivity index (χ4n) is 2.24. The highest BCUT2D eigenvalue weighted by molar-refractivity contribution is 7.67. The van der Waals surface area contributed by atoms with Crippen LogP contribution in [0.1, 0.15) is 19.4 Å². The van der Waals surface area contributed by atoms with Crippen LogP contribution in [-0.4, -0.2) is 12.8 Å². The molecule has 0 bridgehead atoms. The Hall–Kier alpha value is -1.20.